The molecule has 0 aliphatic rings. The molecule has 8 aromatic carbocycles. The molecule has 0 saturated heterocycles. The Morgan fingerprint density at radius 2 is 0.967 bits per heavy atom. The van der Waals surface area contributed by atoms with E-state index in [9.17, 15) is 0 Å². The van der Waals surface area contributed by atoms with E-state index >= 15 is 0 Å². The molecule has 0 aliphatic heterocycles. The average molecular weight is 778 g/mol. The summed E-state index contributed by atoms with van der Waals surface area (Å²) in [6.45, 7) is 2.16. The van der Waals surface area contributed by atoms with Gasteiger partial charge in [-0.2, -0.15) is 0 Å². The van der Waals surface area contributed by atoms with Crippen LogP contribution in [-0.2, 0) is 0 Å². The van der Waals surface area contributed by atoms with E-state index in [2.05, 4.69) is 222 Å². The molecular formula is C58H39N3. The van der Waals surface area contributed by atoms with Gasteiger partial charge in [-0.1, -0.05) is 139 Å². The maximum atomic E-state index is 5.62. The van der Waals surface area contributed by atoms with Crippen molar-refractivity contribution < 1.29 is 0 Å². The van der Waals surface area contributed by atoms with Crippen LogP contribution >= 0.6 is 0 Å². The van der Waals surface area contributed by atoms with E-state index in [-0.39, 0.29) is 0 Å². The highest BCUT2D eigenvalue weighted by Gasteiger charge is 2.17. The minimum atomic E-state index is 0.933. The minimum Gasteiger partial charge on any atom is -0.313 e. The third-order valence-electron chi connectivity index (χ3n) is 12.0. The molecular weight excluding hydrogens is 739 g/mol. The van der Waals surface area contributed by atoms with E-state index in [1.165, 1.54) is 27.2 Å². The first kappa shape index (κ1) is 35.9. The molecule has 11 aromatic rings. The Labute approximate surface area is 355 Å². The molecule has 0 N–H and O–H groups in total. The fourth-order valence-corrected chi connectivity index (χ4v) is 9.18. The highest BCUT2D eigenvalue weighted by atomic mass is 15.0. The number of aromatic nitrogens is 3. The molecule has 0 radical (unpaired) electrons. The van der Waals surface area contributed by atoms with Crippen molar-refractivity contribution in [3.63, 3.8) is 0 Å². The molecule has 0 spiro atoms. The second-order valence-corrected chi connectivity index (χ2v) is 15.6. The zero-order valence-electron chi connectivity index (χ0n) is 33.6. The van der Waals surface area contributed by atoms with Gasteiger partial charge in [0.1, 0.15) is 0 Å². The van der Waals surface area contributed by atoms with E-state index in [1.807, 2.05) is 6.08 Å². The Balaban J connectivity index is 0.999. The molecule has 0 fully saturated rings. The van der Waals surface area contributed by atoms with Gasteiger partial charge in [0.2, 0.25) is 0 Å². The number of fused-ring (bicyclic) bond motifs is 5. The van der Waals surface area contributed by atoms with E-state index in [0.29, 0.717) is 0 Å². The highest BCUT2D eigenvalue weighted by molar-refractivity contribution is 6.09. The highest BCUT2D eigenvalue weighted by Crippen LogP contribution is 2.38. The molecule has 11 rings (SSSR count). The van der Waals surface area contributed by atoms with Gasteiger partial charge in [0.05, 0.1) is 27.8 Å². The lowest BCUT2D eigenvalue weighted by atomic mass is 9.94. The fraction of sp³-hybridized carbons (Fsp3) is 0.0172. The average Bonchev–Trinajstić information content (AvgIpc) is 3.81. The van der Waals surface area contributed by atoms with E-state index in [0.717, 1.165) is 83.7 Å². The Morgan fingerprint density at radius 1 is 0.443 bits per heavy atom. The molecule has 61 heavy (non-hydrogen) atoms. The second kappa shape index (κ2) is 14.9. The van der Waals surface area contributed by atoms with Gasteiger partial charge in [-0.3, -0.25) is 0 Å². The molecule has 0 amide bonds. The van der Waals surface area contributed by atoms with Crippen LogP contribution in [0, 0.1) is 19.3 Å². The summed E-state index contributed by atoms with van der Waals surface area (Å²) in [4.78, 5) is 5.34. The van der Waals surface area contributed by atoms with Crippen molar-refractivity contribution in [2.24, 2.45) is 0 Å². The summed E-state index contributed by atoms with van der Waals surface area (Å²) in [7, 11) is 0. The molecule has 0 unspecified atom stereocenters. The van der Waals surface area contributed by atoms with Crippen LogP contribution in [-0.4, -0.2) is 14.1 Å². The molecule has 0 saturated carbocycles. The predicted molar refractivity (Wildman–Crippen MR) is 257 cm³/mol. The summed E-state index contributed by atoms with van der Waals surface area (Å²) in [6, 6.07) is 71.9. The Bertz CT molecular complexity index is 3500. The number of hydrogen-bond donors (Lipinski definition) is 0. The molecule has 0 bridgehead atoms. The summed E-state index contributed by atoms with van der Waals surface area (Å²) in [5, 5.41) is 4.80. The monoisotopic (exact) mass is 777 g/mol. The van der Waals surface area contributed by atoms with Crippen LogP contribution in [0.5, 0.6) is 0 Å². The van der Waals surface area contributed by atoms with Gasteiger partial charge in [-0.15, -0.1) is 6.42 Å². The Kier molecular flexibility index (Phi) is 8.77. The minimum absolute atomic E-state index is 0.933. The third-order valence-corrected chi connectivity index (χ3v) is 12.0. The van der Waals surface area contributed by atoms with Crippen LogP contribution < -0.4 is 0 Å². The number of pyridine rings is 1. The van der Waals surface area contributed by atoms with Crippen LogP contribution in [0.15, 0.2) is 206 Å². The molecule has 3 heteroatoms. The SMILES string of the molecule is C#C/C=C\c1c(C)n(-c2cccc(-c3cccc(-c4cc(-c5ccccc5)c5cc(-c6cccc(-n7c8ccccc8c8ccccc87)c6)ccc5n4)c3)c2)c2ccccc12. The van der Waals surface area contributed by atoms with Crippen molar-refractivity contribution in [2.75, 3.05) is 0 Å². The first-order chi connectivity index (χ1) is 30.1. The van der Waals surface area contributed by atoms with Crippen molar-refractivity contribution in [2.45, 2.75) is 6.92 Å². The number of para-hydroxylation sites is 3. The summed E-state index contributed by atoms with van der Waals surface area (Å²) in [6.07, 6.45) is 9.43. The molecule has 3 aromatic heterocycles. The van der Waals surface area contributed by atoms with Crippen molar-refractivity contribution >= 4 is 49.7 Å². The summed E-state index contributed by atoms with van der Waals surface area (Å²) in [5.41, 5.74) is 17.9. The van der Waals surface area contributed by atoms with E-state index in [4.69, 9.17) is 11.4 Å². The third kappa shape index (κ3) is 6.22. The van der Waals surface area contributed by atoms with Crippen molar-refractivity contribution in [1.82, 2.24) is 14.1 Å². The van der Waals surface area contributed by atoms with Gasteiger partial charge in [-0.25, -0.2) is 4.98 Å². The van der Waals surface area contributed by atoms with Gasteiger partial charge < -0.3 is 9.13 Å². The lowest BCUT2D eigenvalue weighted by Crippen LogP contribution is -1.97. The quantitative estimate of drug-likeness (QED) is 0.148. The van der Waals surface area contributed by atoms with Gasteiger partial charge in [-0.05, 0) is 119 Å². The van der Waals surface area contributed by atoms with Crippen LogP contribution in [0.1, 0.15) is 11.3 Å². The number of rotatable bonds is 7. The van der Waals surface area contributed by atoms with Gasteiger partial charge >= 0.3 is 0 Å². The van der Waals surface area contributed by atoms with Crippen molar-refractivity contribution in [1.29, 1.82) is 0 Å². The molecule has 0 atom stereocenters. The molecule has 286 valence electrons. The topological polar surface area (TPSA) is 22.8 Å². The first-order valence-electron chi connectivity index (χ1n) is 20.7. The maximum Gasteiger partial charge on any atom is 0.0716 e. The van der Waals surface area contributed by atoms with E-state index < -0.39 is 0 Å². The lowest BCUT2D eigenvalue weighted by molar-refractivity contribution is 1.05. The summed E-state index contributed by atoms with van der Waals surface area (Å²) >= 11 is 0. The number of terminal acetylenes is 1. The smallest absolute Gasteiger partial charge is 0.0716 e. The summed E-state index contributed by atoms with van der Waals surface area (Å²) < 4.78 is 4.70. The van der Waals surface area contributed by atoms with Gasteiger partial charge in [0.15, 0.2) is 0 Å². The number of allylic oxidation sites excluding steroid dienone is 1. The standard InChI is InChI=1S/C58H39N3/c1-3-4-25-48-39(2)60(56-29-11-8-26-49(48)56)46-23-15-20-42(35-46)41-19-14-22-45(34-41)55-38-52(40-17-6-5-7-18-40)53-37-44(32-33-54(53)59-55)43-21-16-24-47(36-43)61-57-30-12-9-27-50(57)51-28-10-13-31-58(51)61/h1,4-38H,2H3/b25-4-. The normalized spacial score (nSPS) is 11.6. The Hall–Kier alpha value is -8.19. The number of benzene rings is 8. The lowest BCUT2D eigenvalue weighted by Gasteiger charge is -2.14. The largest absolute Gasteiger partial charge is 0.313 e. The second-order valence-electron chi connectivity index (χ2n) is 15.6. The molecule has 3 heterocycles. The number of nitrogens with zero attached hydrogens (tertiary/aromatic N) is 3. The molecule has 0 aliphatic carbocycles. The van der Waals surface area contributed by atoms with Crippen LogP contribution in [0.3, 0.4) is 0 Å². The van der Waals surface area contributed by atoms with E-state index in [1.54, 1.807) is 6.08 Å². The maximum absolute atomic E-state index is 5.62. The predicted octanol–water partition coefficient (Wildman–Crippen LogP) is 14.9. The number of hydrogen-bond acceptors (Lipinski definition) is 1. The van der Waals surface area contributed by atoms with Gasteiger partial charge in [0.25, 0.3) is 0 Å². The Morgan fingerprint density at radius 3 is 1.64 bits per heavy atom. The first-order valence-corrected chi connectivity index (χ1v) is 20.7. The van der Waals surface area contributed by atoms with Crippen molar-refractivity contribution in [3.8, 4) is 68.4 Å². The zero-order chi connectivity index (χ0) is 40.9. The van der Waals surface area contributed by atoms with Crippen LogP contribution in [0.25, 0.3) is 106 Å². The van der Waals surface area contributed by atoms with Crippen molar-refractivity contribution in [3.05, 3.63) is 218 Å². The van der Waals surface area contributed by atoms with Gasteiger partial charge in [0, 0.05) is 49.7 Å². The fourth-order valence-electron chi connectivity index (χ4n) is 9.18. The zero-order valence-corrected chi connectivity index (χ0v) is 33.6. The molecule has 3 nitrogen and oxygen atoms in total. The van der Waals surface area contributed by atoms with Crippen LogP contribution in [0.2, 0.25) is 0 Å². The van der Waals surface area contributed by atoms with Crippen LogP contribution in [0.4, 0.5) is 0 Å². The summed E-state index contributed by atoms with van der Waals surface area (Å²) in [5.74, 6) is 2.66.